The van der Waals surface area contributed by atoms with E-state index in [9.17, 15) is 13.2 Å². The highest BCUT2D eigenvalue weighted by molar-refractivity contribution is 7.88. The van der Waals surface area contributed by atoms with Crippen LogP contribution in [0.5, 0.6) is 0 Å². The van der Waals surface area contributed by atoms with Crippen molar-refractivity contribution in [2.24, 2.45) is 7.05 Å². The fraction of sp³-hybridized carbons (Fsp3) is 0.750. The van der Waals surface area contributed by atoms with Gasteiger partial charge in [0.1, 0.15) is 0 Å². The van der Waals surface area contributed by atoms with E-state index in [4.69, 9.17) is 4.74 Å². The van der Waals surface area contributed by atoms with Gasteiger partial charge in [-0.15, -0.1) is 0 Å². The van der Waals surface area contributed by atoms with E-state index in [1.165, 1.54) is 10.6 Å². The topological polar surface area (TPSA) is 84.7 Å². The van der Waals surface area contributed by atoms with Gasteiger partial charge in [-0.1, -0.05) is 0 Å². The molecule has 0 radical (unpaired) electrons. The van der Waals surface area contributed by atoms with Crippen LogP contribution in [0.3, 0.4) is 0 Å². The third-order valence-corrected chi connectivity index (χ3v) is 6.24. The van der Waals surface area contributed by atoms with Crippen molar-refractivity contribution in [3.8, 4) is 0 Å². The molecule has 0 aliphatic carbocycles. The Bertz CT molecular complexity index is 701. The average molecular weight is 370 g/mol. The predicted molar refractivity (Wildman–Crippen MR) is 92.7 cm³/mol. The second-order valence-corrected chi connectivity index (χ2v) is 8.87. The Morgan fingerprint density at radius 1 is 1.12 bits per heavy atom. The van der Waals surface area contributed by atoms with E-state index < -0.39 is 10.0 Å². The normalized spacial score (nSPS) is 21.6. The summed E-state index contributed by atoms with van der Waals surface area (Å²) in [6.07, 6.45) is 7.96. The first-order chi connectivity index (χ1) is 11.8. The molecule has 1 aromatic heterocycles. The Hall–Kier alpha value is -1.45. The predicted octanol–water partition coefficient (Wildman–Crippen LogP) is 0.465. The molecule has 2 saturated heterocycles. The van der Waals surface area contributed by atoms with E-state index in [1.807, 2.05) is 4.90 Å². The molecule has 0 saturated carbocycles. The summed E-state index contributed by atoms with van der Waals surface area (Å²) < 4.78 is 32.4. The molecule has 2 fully saturated rings. The SMILES string of the molecule is Cn1cc(C(=O)N2CCC(OC3CCN(S(C)(=O)=O)CC3)CC2)cn1. The summed E-state index contributed by atoms with van der Waals surface area (Å²) in [7, 11) is -1.30. The molecule has 140 valence electrons. The van der Waals surface area contributed by atoms with Crippen LogP contribution in [-0.4, -0.2) is 78.0 Å². The largest absolute Gasteiger partial charge is 0.375 e. The molecule has 0 spiro atoms. The van der Waals surface area contributed by atoms with Crippen molar-refractivity contribution in [2.75, 3.05) is 32.4 Å². The highest BCUT2D eigenvalue weighted by Crippen LogP contribution is 2.22. The highest BCUT2D eigenvalue weighted by atomic mass is 32.2. The van der Waals surface area contributed by atoms with Crippen LogP contribution in [0.1, 0.15) is 36.0 Å². The Balaban J connectivity index is 1.43. The van der Waals surface area contributed by atoms with Gasteiger partial charge in [0.25, 0.3) is 5.91 Å². The van der Waals surface area contributed by atoms with Gasteiger partial charge >= 0.3 is 0 Å². The lowest BCUT2D eigenvalue weighted by molar-refractivity contribution is -0.0557. The maximum Gasteiger partial charge on any atom is 0.257 e. The van der Waals surface area contributed by atoms with Crippen LogP contribution < -0.4 is 0 Å². The zero-order chi connectivity index (χ0) is 18.0. The van der Waals surface area contributed by atoms with Crippen LogP contribution in [0.25, 0.3) is 0 Å². The van der Waals surface area contributed by atoms with Crippen molar-refractivity contribution >= 4 is 15.9 Å². The molecule has 1 amide bonds. The first kappa shape index (κ1) is 18.3. The van der Waals surface area contributed by atoms with Crippen LogP contribution in [0.15, 0.2) is 12.4 Å². The Labute approximate surface area is 148 Å². The number of nitrogens with zero attached hydrogens (tertiary/aromatic N) is 4. The quantitative estimate of drug-likeness (QED) is 0.769. The molecule has 8 nitrogen and oxygen atoms in total. The summed E-state index contributed by atoms with van der Waals surface area (Å²) in [6.45, 7) is 2.42. The summed E-state index contributed by atoms with van der Waals surface area (Å²) in [5, 5.41) is 4.05. The lowest BCUT2D eigenvalue weighted by Crippen LogP contribution is -2.44. The number of carbonyl (C=O) groups excluding carboxylic acids is 1. The second-order valence-electron chi connectivity index (χ2n) is 6.89. The maximum absolute atomic E-state index is 12.4. The fourth-order valence-corrected chi connectivity index (χ4v) is 4.36. The smallest absolute Gasteiger partial charge is 0.257 e. The monoisotopic (exact) mass is 370 g/mol. The highest BCUT2D eigenvalue weighted by Gasteiger charge is 2.30. The molecule has 2 aliphatic rings. The summed E-state index contributed by atoms with van der Waals surface area (Å²) in [4.78, 5) is 14.3. The van der Waals surface area contributed by atoms with E-state index >= 15 is 0 Å². The summed E-state index contributed by atoms with van der Waals surface area (Å²) in [5.74, 6) is 0.0213. The molecule has 2 aliphatic heterocycles. The van der Waals surface area contributed by atoms with Gasteiger partial charge < -0.3 is 9.64 Å². The Kier molecular flexibility index (Phi) is 5.45. The van der Waals surface area contributed by atoms with E-state index in [0.29, 0.717) is 31.7 Å². The minimum Gasteiger partial charge on any atom is -0.375 e. The lowest BCUT2D eigenvalue weighted by atomic mass is 10.0. The number of hydrogen-bond acceptors (Lipinski definition) is 5. The molecule has 25 heavy (non-hydrogen) atoms. The van der Waals surface area contributed by atoms with Gasteiger partial charge in [-0.3, -0.25) is 9.48 Å². The van der Waals surface area contributed by atoms with Gasteiger partial charge in [-0.25, -0.2) is 12.7 Å². The summed E-state index contributed by atoms with van der Waals surface area (Å²) in [6, 6.07) is 0. The molecule has 9 heteroatoms. The van der Waals surface area contributed by atoms with E-state index in [2.05, 4.69) is 5.10 Å². The number of likely N-dealkylation sites (tertiary alicyclic amines) is 1. The summed E-state index contributed by atoms with van der Waals surface area (Å²) >= 11 is 0. The van der Waals surface area contributed by atoms with Gasteiger partial charge in [-0.2, -0.15) is 5.10 Å². The van der Waals surface area contributed by atoms with Crippen LogP contribution in [0, 0.1) is 0 Å². The van der Waals surface area contributed by atoms with Crippen LogP contribution in [0.4, 0.5) is 0 Å². The molecule has 3 heterocycles. The number of amides is 1. The third-order valence-electron chi connectivity index (χ3n) is 4.94. The molecule has 1 aromatic rings. The first-order valence-electron chi connectivity index (χ1n) is 8.71. The van der Waals surface area contributed by atoms with E-state index in [1.54, 1.807) is 24.1 Å². The van der Waals surface area contributed by atoms with Gasteiger partial charge in [0.05, 0.1) is 30.2 Å². The first-order valence-corrected chi connectivity index (χ1v) is 10.6. The van der Waals surface area contributed by atoms with Gasteiger partial charge in [0.2, 0.25) is 10.0 Å². The molecule has 0 N–H and O–H groups in total. The molecule has 0 atom stereocenters. The van der Waals surface area contributed by atoms with Crippen LogP contribution in [-0.2, 0) is 21.8 Å². The molecular formula is C16H26N4O4S. The lowest BCUT2D eigenvalue weighted by Gasteiger charge is -2.36. The standard InChI is InChI=1S/C16H26N4O4S/c1-18-12-13(11-17-18)16(21)19-7-3-14(4-8-19)24-15-5-9-20(10-6-15)25(2,22)23/h11-12,14-15H,3-10H2,1-2H3. The second kappa shape index (κ2) is 7.43. The zero-order valence-electron chi connectivity index (χ0n) is 14.8. The van der Waals surface area contributed by atoms with Gasteiger partial charge in [0.15, 0.2) is 0 Å². The number of sulfonamides is 1. The number of aryl methyl sites for hydroxylation is 1. The maximum atomic E-state index is 12.4. The molecule has 3 rings (SSSR count). The van der Waals surface area contributed by atoms with Crippen molar-refractivity contribution in [1.29, 1.82) is 0 Å². The molecular weight excluding hydrogens is 344 g/mol. The number of ether oxygens (including phenoxy) is 1. The average Bonchev–Trinajstić information content (AvgIpc) is 3.01. The van der Waals surface area contributed by atoms with Crippen molar-refractivity contribution in [3.63, 3.8) is 0 Å². The van der Waals surface area contributed by atoms with E-state index in [0.717, 1.165) is 25.7 Å². The Morgan fingerprint density at radius 3 is 2.16 bits per heavy atom. The minimum atomic E-state index is -3.10. The zero-order valence-corrected chi connectivity index (χ0v) is 15.6. The molecule has 0 unspecified atom stereocenters. The number of carbonyl (C=O) groups is 1. The van der Waals surface area contributed by atoms with Crippen LogP contribution >= 0.6 is 0 Å². The fourth-order valence-electron chi connectivity index (χ4n) is 3.48. The molecule has 0 aromatic carbocycles. The van der Waals surface area contributed by atoms with Gasteiger partial charge in [-0.05, 0) is 25.7 Å². The van der Waals surface area contributed by atoms with Crippen LogP contribution in [0.2, 0.25) is 0 Å². The Morgan fingerprint density at radius 2 is 1.68 bits per heavy atom. The van der Waals surface area contributed by atoms with Crippen molar-refractivity contribution in [3.05, 3.63) is 18.0 Å². The number of rotatable bonds is 4. The number of hydrogen-bond donors (Lipinski definition) is 0. The third kappa shape index (κ3) is 4.59. The summed E-state index contributed by atoms with van der Waals surface area (Å²) in [5.41, 5.74) is 0.620. The van der Waals surface area contributed by atoms with Crippen molar-refractivity contribution in [1.82, 2.24) is 19.0 Å². The molecule has 0 bridgehead atoms. The van der Waals surface area contributed by atoms with Crippen molar-refractivity contribution < 1.29 is 17.9 Å². The number of piperidine rings is 2. The van der Waals surface area contributed by atoms with Crippen molar-refractivity contribution in [2.45, 2.75) is 37.9 Å². The van der Waals surface area contributed by atoms with E-state index in [-0.39, 0.29) is 18.1 Å². The number of aromatic nitrogens is 2. The van der Waals surface area contributed by atoms with Gasteiger partial charge in [0, 0.05) is 39.4 Å². The minimum absolute atomic E-state index is 0.0213.